The Morgan fingerprint density at radius 1 is 1.38 bits per heavy atom. The Morgan fingerprint density at radius 3 is 2.69 bits per heavy atom. The molecule has 0 radical (unpaired) electrons. The number of pyridine rings is 1. The maximum Gasteiger partial charge on any atom is 0.410 e. The summed E-state index contributed by atoms with van der Waals surface area (Å²) < 4.78 is 33.7. The smallest absolute Gasteiger partial charge is 0.410 e. The minimum Gasteiger partial charge on any atom is -0.444 e. The number of rotatable bonds is 3. The SMILES string of the molecule is CN(c1nc(Cl)nc2c(F)c(Cl)ncc12)[C@@H]1CCN(C(=O)OC(C)(C)C)[C@@H]1CF. The number of carbonyl (C=O) groups excluding carboxylic acids is 1. The standard InChI is InChI=1S/C18H21Cl2F2N5O2/c1-18(2,3)29-17(28)27-6-5-10(11(27)7-21)26(4)15-9-8-23-14(19)12(22)13(9)24-16(20)25-15/h8,10-11H,5-7H2,1-4H3/t10-,11-/m1/s1. The second kappa shape index (κ2) is 8.02. The fraction of sp³-hybridized carbons (Fsp3) is 0.556. The number of alkyl halides is 1. The maximum absolute atomic E-state index is 14.4. The first-order valence-corrected chi connectivity index (χ1v) is 9.74. The zero-order valence-electron chi connectivity index (χ0n) is 16.4. The molecule has 0 saturated carbocycles. The topological polar surface area (TPSA) is 71.5 Å². The lowest BCUT2D eigenvalue weighted by molar-refractivity contribution is 0.0200. The number of anilines is 1. The summed E-state index contributed by atoms with van der Waals surface area (Å²) in [5.74, 6) is -0.537. The van der Waals surface area contributed by atoms with E-state index in [2.05, 4.69) is 15.0 Å². The third-order valence-corrected chi connectivity index (χ3v) is 5.15. The van der Waals surface area contributed by atoms with Crippen molar-refractivity contribution in [2.75, 3.05) is 25.2 Å². The van der Waals surface area contributed by atoms with Gasteiger partial charge in [0.2, 0.25) is 5.28 Å². The summed E-state index contributed by atoms with van der Waals surface area (Å²) in [7, 11) is 1.68. The van der Waals surface area contributed by atoms with Gasteiger partial charge < -0.3 is 14.5 Å². The summed E-state index contributed by atoms with van der Waals surface area (Å²) in [6.45, 7) is 4.78. The molecule has 0 aliphatic carbocycles. The van der Waals surface area contributed by atoms with Gasteiger partial charge in [-0.3, -0.25) is 0 Å². The Kier molecular flexibility index (Phi) is 6.01. The summed E-state index contributed by atoms with van der Waals surface area (Å²) in [4.78, 5) is 27.4. The van der Waals surface area contributed by atoms with Gasteiger partial charge in [0, 0.05) is 19.8 Å². The number of fused-ring (bicyclic) bond motifs is 1. The average Bonchev–Trinajstić information content (AvgIpc) is 3.06. The molecule has 1 amide bonds. The molecule has 0 bridgehead atoms. The second-order valence-corrected chi connectivity index (χ2v) is 8.50. The highest BCUT2D eigenvalue weighted by molar-refractivity contribution is 6.30. The Balaban J connectivity index is 1.95. The van der Waals surface area contributed by atoms with Gasteiger partial charge in [0.1, 0.15) is 23.6 Å². The number of halogens is 4. The van der Waals surface area contributed by atoms with E-state index in [1.54, 1.807) is 32.7 Å². The van der Waals surface area contributed by atoms with Gasteiger partial charge in [0.25, 0.3) is 0 Å². The first kappa shape index (κ1) is 21.7. The van der Waals surface area contributed by atoms with Crippen LogP contribution >= 0.6 is 23.2 Å². The summed E-state index contributed by atoms with van der Waals surface area (Å²) in [6, 6.07) is -1.19. The van der Waals surface area contributed by atoms with E-state index in [1.807, 2.05) is 0 Å². The van der Waals surface area contributed by atoms with Crippen LogP contribution in [0.5, 0.6) is 0 Å². The lowest BCUT2D eigenvalue weighted by atomic mass is 10.1. The van der Waals surface area contributed by atoms with E-state index in [0.29, 0.717) is 13.0 Å². The molecule has 1 fully saturated rings. The van der Waals surface area contributed by atoms with Crippen molar-refractivity contribution in [1.29, 1.82) is 0 Å². The number of hydrogen-bond acceptors (Lipinski definition) is 6. The van der Waals surface area contributed by atoms with Crippen molar-refractivity contribution in [3.05, 3.63) is 22.5 Å². The van der Waals surface area contributed by atoms with E-state index in [9.17, 15) is 13.6 Å². The fourth-order valence-corrected chi connectivity index (χ4v) is 3.74. The summed E-state index contributed by atoms with van der Waals surface area (Å²) in [5, 5.41) is -0.231. The highest BCUT2D eigenvalue weighted by atomic mass is 35.5. The molecular formula is C18H21Cl2F2N5O2. The van der Waals surface area contributed by atoms with Crippen molar-refractivity contribution >= 4 is 46.0 Å². The molecule has 0 spiro atoms. The van der Waals surface area contributed by atoms with E-state index in [4.69, 9.17) is 27.9 Å². The van der Waals surface area contributed by atoms with Crippen molar-refractivity contribution in [1.82, 2.24) is 19.9 Å². The Labute approximate surface area is 177 Å². The van der Waals surface area contributed by atoms with Crippen molar-refractivity contribution < 1.29 is 18.3 Å². The Hall–Kier alpha value is -2.00. The van der Waals surface area contributed by atoms with Gasteiger partial charge in [-0.25, -0.2) is 23.5 Å². The average molecular weight is 448 g/mol. The minimum absolute atomic E-state index is 0.0781. The zero-order valence-corrected chi connectivity index (χ0v) is 17.9. The summed E-state index contributed by atoms with van der Waals surface area (Å²) in [6.07, 6.45) is 1.23. The molecule has 1 aliphatic heterocycles. The number of nitrogens with zero attached hydrogens (tertiary/aromatic N) is 5. The molecule has 2 aromatic heterocycles. The number of aromatic nitrogens is 3. The largest absolute Gasteiger partial charge is 0.444 e. The maximum atomic E-state index is 14.4. The van der Waals surface area contributed by atoms with Gasteiger partial charge in [0.05, 0.1) is 17.5 Å². The lowest BCUT2D eigenvalue weighted by Gasteiger charge is -2.33. The Bertz CT molecular complexity index is 941. The van der Waals surface area contributed by atoms with E-state index in [0.717, 1.165) is 0 Å². The molecule has 11 heteroatoms. The molecule has 158 valence electrons. The minimum atomic E-state index is -0.813. The highest BCUT2D eigenvalue weighted by Gasteiger charge is 2.42. The second-order valence-electron chi connectivity index (χ2n) is 7.80. The van der Waals surface area contributed by atoms with Crippen molar-refractivity contribution in [2.45, 2.75) is 44.9 Å². The van der Waals surface area contributed by atoms with Crippen LogP contribution in [0.15, 0.2) is 6.20 Å². The van der Waals surface area contributed by atoms with Crippen LogP contribution in [-0.2, 0) is 4.74 Å². The summed E-state index contributed by atoms with van der Waals surface area (Å²) >= 11 is 11.7. The number of likely N-dealkylation sites (N-methyl/N-ethyl adjacent to an activating group) is 1. The van der Waals surface area contributed by atoms with Crippen molar-refractivity contribution in [2.24, 2.45) is 0 Å². The molecule has 3 rings (SSSR count). The highest BCUT2D eigenvalue weighted by Crippen LogP contribution is 2.33. The number of hydrogen-bond donors (Lipinski definition) is 0. The number of ether oxygens (including phenoxy) is 1. The molecule has 3 heterocycles. The molecule has 7 nitrogen and oxygen atoms in total. The van der Waals surface area contributed by atoms with Gasteiger partial charge in [-0.2, -0.15) is 4.98 Å². The third-order valence-electron chi connectivity index (χ3n) is 4.72. The zero-order chi connectivity index (χ0) is 21.5. The van der Waals surface area contributed by atoms with Crippen LogP contribution in [0.3, 0.4) is 0 Å². The van der Waals surface area contributed by atoms with Crippen LogP contribution < -0.4 is 4.90 Å². The van der Waals surface area contributed by atoms with Crippen LogP contribution in [-0.4, -0.2) is 63.9 Å². The lowest BCUT2D eigenvalue weighted by Crippen LogP contribution is -2.48. The van der Waals surface area contributed by atoms with E-state index in [1.165, 1.54) is 11.1 Å². The van der Waals surface area contributed by atoms with Gasteiger partial charge in [-0.15, -0.1) is 0 Å². The quantitative estimate of drug-likeness (QED) is 0.517. The van der Waals surface area contributed by atoms with Gasteiger partial charge in [-0.05, 0) is 38.8 Å². The van der Waals surface area contributed by atoms with Crippen LogP contribution in [0.25, 0.3) is 10.9 Å². The molecule has 0 N–H and O–H groups in total. The van der Waals surface area contributed by atoms with Gasteiger partial charge >= 0.3 is 6.09 Å². The molecule has 0 aromatic carbocycles. The summed E-state index contributed by atoms with van der Waals surface area (Å²) in [5.41, 5.74) is -0.772. The molecule has 1 saturated heterocycles. The van der Waals surface area contributed by atoms with E-state index in [-0.39, 0.29) is 27.2 Å². The molecule has 2 atom stereocenters. The van der Waals surface area contributed by atoms with E-state index >= 15 is 0 Å². The predicted octanol–water partition coefficient (Wildman–Crippen LogP) is 4.25. The van der Waals surface area contributed by atoms with Crippen LogP contribution in [0.2, 0.25) is 10.4 Å². The van der Waals surface area contributed by atoms with Crippen molar-refractivity contribution in [3.8, 4) is 0 Å². The van der Waals surface area contributed by atoms with Crippen LogP contribution in [0, 0.1) is 5.82 Å². The normalized spacial score (nSPS) is 19.7. The van der Waals surface area contributed by atoms with Crippen LogP contribution in [0.4, 0.5) is 19.4 Å². The molecule has 2 aromatic rings. The number of likely N-dealkylation sites (tertiary alicyclic amines) is 1. The molecule has 29 heavy (non-hydrogen) atoms. The first-order valence-electron chi connectivity index (χ1n) is 8.99. The first-order chi connectivity index (χ1) is 13.5. The van der Waals surface area contributed by atoms with Gasteiger partial charge in [-0.1, -0.05) is 11.6 Å². The van der Waals surface area contributed by atoms with Crippen LogP contribution in [0.1, 0.15) is 27.2 Å². The predicted molar refractivity (Wildman–Crippen MR) is 107 cm³/mol. The molecular weight excluding hydrogens is 427 g/mol. The molecule has 1 aliphatic rings. The van der Waals surface area contributed by atoms with Gasteiger partial charge in [0.15, 0.2) is 11.0 Å². The van der Waals surface area contributed by atoms with Crippen molar-refractivity contribution in [3.63, 3.8) is 0 Å². The van der Waals surface area contributed by atoms with E-state index < -0.39 is 36.3 Å². The number of amides is 1. The fourth-order valence-electron chi connectivity index (χ4n) is 3.44. The number of carbonyl (C=O) groups is 1. The third kappa shape index (κ3) is 4.30. The Morgan fingerprint density at radius 2 is 2.07 bits per heavy atom. The monoisotopic (exact) mass is 447 g/mol. The molecule has 0 unspecified atom stereocenters.